The number of nitrogens with one attached hydrogen (secondary N) is 1. The summed E-state index contributed by atoms with van der Waals surface area (Å²) in [6, 6.07) is 10.4. The largest absolute Gasteiger partial charge is 0.384 e. The van der Waals surface area contributed by atoms with E-state index in [1.807, 2.05) is 24.8 Å². The molecule has 0 aliphatic rings. The van der Waals surface area contributed by atoms with Gasteiger partial charge >= 0.3 is 0 Å². The Kier molecular flexibility index (Phi) is 4.48. The van der Waals surface area contributed by atoms with E-state index < -0.39 is 0 Å². The second-order valence-corrected chi connectivity index (χ2v) is 5.68. The van der Waals surface area contributed by atoms with E-state index in [-0.39, 0.29) is 0 Å². The third-order valence-corrected chi connectivity index (χ3v) is 3.84. The van der Waals surface area contributed by atoms with Gasteiger partial charge in [-0.15, -0.1) is 0 Å². The first-order valence-corrected chi connectivity index (χ1v) is 7.69. The zero-order valence-corrected chi connectivity index (χ0v) is 12.1. The van der Waals surface area contributed by atoms with Crippen molar-refractivity contribution < 1.29 is 0 Å². The molecule has 1 atom stereocenters. The number of benzene rings is 1. The summed E-state index contributed by atoms with van der Waals surface area (Å²) in [5.41, 5.74) is 3.33. The number of para-hydroxylation sites is 1. The van der Waals surface area contributed by atoms with Gasteiger partial charge in [0, 0.05) is 23.3 Å². The third-order valence-electron chi connectivity index (χ3n) is 2.94. The Balaban J connectivity index is 2.21. The van der Waals surface area contributed by atoms with Crippen LogP contribution in [-0.4, -0.2) is 23.5 Å². The maximum Gasteiger partial charge on any atom is 0.0725 e. The maximum atomic E-state index is 4.56. The summed E-state index contributed by atoms with van der Waals surface area (Å²) in [5.74, 6) is 1.86. The van der Waals surface area contributed by atoms with E-state index in [0.717, 1.165) is 17.8 Å². The molecule has 0 spiro atoms. The fraction of sp³-hybridized carbons (Fsp3) is 0.400. The van der Waals surface area contributed by atoms with Gasteiger partial charge in [0.2, 0.25) is 0 Å². The van der Waals surface area contributed by atoms with Crippen LogP contribution in [0.3, 0.4) is 0 Å². The maximum absolute atomic E-state index is 4.56. The van der Waals surface area contributed by atoms with Gasteiger partial charge in [-0.2, -0.15) is 11.8 Å². The molecule has 2 nitrogen and oxygen atoms in total. The number of hydrogen-bond acceptors (Lipinski definition) is 3. The molecular formula is C15H20N2S. The first-order chi connectivity index (χ1) is 8.70. The smallest absolute Gasteiger partial charge is 0.0725 e. The SMILES string of the molecule is CSCC(C)CNc1cc(C)nc2ccccc12. The molecule has 2 rings (SSSR count). The molecule has 0 aliphatic carbocycles. The fourth-order valence-corrected chi connectivity index (χ4v) is 2.77. The molecule has 0 aliphatic heterocycles. The Morgan fingerprint density at radius 2 is 2.11 bits per heavy atom. The predicted molar refractivity (Wildman–Crippen MR) is 82.5 cm³/mol. The number of thioether (sulfide) groups is 1. The Morgan fingerprint density at radius 1 is 1.33 bits per heavy atom. The van der Waals surface area contributed by atoms with Crippen molar-refractivity contribution in [1.82, 2.24) is 4.98 Å². The van der Waals surface area contributed by atoms with E-state index in [1.165, 1.54) is 16.8 Å². The minimum absolute atomic E-state index is 0.673. The lowest BCUT2D eigenvalue weighted by molar-refractivity contribution is 0.702. The average molecular weight is 260 g/mol. The highest BCUT2D eigenvalue weighted by atomic mass is 32.2. The van der Waals surface area contributed by atoms with Gasteiger partial charge in [0.25, 0.3) is 0 Å². The molecule has 0 fully saturated rings. The Morgan fingerprint density at radius 3 is 2.89 bits per heavy atom. The van der Waals surface area contributed by atoms with Crippen LogP contribution in [0.15, 0.2) is 30.3 Å². The van der Waals surface area contributed by atoms with Crippen molar-refractivity contribution in [1.29, 1.82) is 0 Å². The van der Waals surface area contributed by atoms with E-state index in [2.05, 4.69) is 47.7 Å². The Labute approximate surface area is 113 Å². The molecule has 0 saturated heterocycles. The van der Waals surface area contributed by atoms with Gasteiger partial charge in [-0.25, -0.2) is 0 Å². The normalized spacial score (nSPS) is 12.6. The van der Waals surface area contributed by atoms with Crippen molar-refractivity contribution in [2.45, 2.75) is 13.8 Å². The van der Waals surface area contributed by atoms with E-state index in [4.69, 9.17) is 0 Å². The number of pyridine rings is 1. The van der Waals surface area contributed by atoms with Crippen LogP contribution in [0.5, 0.6) is 0 Å². The molecule has 3 heteroatoms. The molecule has 1 unspecified atom stereocenters. The molecule has 18 heavy (non-hydrogen) atoms. The number of aryl methyl sites for hydroxylation is 1. The predicted octanol–water partition coefficient (Wildman–Crippen LogP) is 3.95. The lowest BCUT2D eigenvalue weighted by atomic mass is 10.1. The van der Waals surface area contributed by atoms with Crippen LogP contribution in [0.1, 0.15) is 12.6 Å². The quantitative estimate of drug-likeness (QED) is 0.881. The molecule has 1 aromatic carbocycles. The van der Waals surface area contributed by atoms with Crippen molar-refractivity contribution in [3.63, 3.8) is 0 Å². The standard InChI is InChI=1S/C15H20N2S/c1-11(10-18-3)9-16-15-8-12(2)17-14-7-5-4-6-13(14)15/h4-8,11H,9-10H2,1-3H3,(H,16,17). The molecule has 1 heterocycles. The molecule has 1 aromatic heterocycles. The van der Waals surface area contributed by atoms with Crippen LogP contribution >= 0.6 is 11.8 Å². The fourth-order valence-electron chi connectivity index (χ4n) is 2.08. The van der Waals surface area contributed by atoms with Crippen molar-refractivity contribution >= 4 is 28.4 Å². The Bertz CT molecular complexity index is 525. The van der Waals surface area contributed by atoms with Gasteiger partial charge < -0.3 is 5.32 Å². The van der Waals surface area contributed by atoms with Crippen molar-refractivity contribution in [2.24, 2.45) is 5.92 Å². The molecule has 96 valence electrons. The summed E-state index contributed by atoms with van der Waals surface area (Å²) >= 11 is 1.90. The first kappa shape index (κ1) is 13.2. The number of anilines is 1. The molecule has 0 bridgehead atoms. The van der Waals surface area contributed by atoms with Crippen LogP contribution in [-0.2, 0) is 0 Å². The molecule has 0 amide bonds. The monoisotopic (exact) mass is 260 g/mol. The van der Waals surface area contributed by atoms with E-state index >= 15 is 0 Å². The number of fused-ring (bicyclic) bond motifs is 1. The van der Waals surface area contributed by atoms with Gasteiger partial charge in [-0.05, 0) is 37.0 Å². The van der Waals surface area contributed by atoms with E-state index in [1.54, 1.807) is 0 Å². The summed E-state index contributed by atoms with van der Waals surface area (Å²) in [4.78, 5) is 4.56. The minimum Gasteiger partial charge on any atom is -0.384 e. The van der Waals surface area contributed by atoms with Crippen molar-refractivity contribution in [3.05, 3.63) is 36.0 Å². The summed E-state index contributed by atoms with van der Waals surface area (Å²) in [7, 11) is 0. The van der Waals surface area contributed by atoms with Crippen LogP contribution in [0.4, 0.5) is 5.69 Å². The summed E-state index contributed by atoms with van der Waals surface area (Å²) in [6.45, 7) is 5.33. The average Bonchev–Trinajstić information content (AvgIpc) is 2.36. The van der Waals surface area contributed by atoms with Crippen LogP contribution in [0.25, 0.3) is 10.9 Å². The molecular weight excluding hydrogens is 240 g/mol. The second-order valence-electron chi connectivity index (χ2n) is 4.77. The molecule has 2 aromatic rings. The molecule has 1 N–H and O–H groups in total. The third kappa shape index (κ3) is 3.16. The molecule has 0 radical (unpaired) electrons. The number of aromatic nitrogens is 1. The Hall–Kier alpha value is -1.22. The number of rotatable bonds is 5. The second kappa shape index (κ2) is 6.10. The zero-order chi connectivity index (χ0) is 13.0. The summed E-state index contributed by atoms with van der Waals surface area (Å²) < 4.78 is 0. The van der Waals surface area contributed by atoms with Crippen LogP contribution in [0.2, 0.25) is 0 Å². The lowest BCUT2D eigenvalue weighted by Crippen LogP contribution is -2.13. The summed E-state index contributed by atoms with van der Waals surface area (Å²) in [5, 5.41) is 4.77. The number of hydrogen-bond donors (Lipinski definition) is 1. The van der Waals surface area contributed by atoms with Gasteiger partial charge in [0.1, 0.15) is 0 Å². The van der Waals surface area contributed by atoms with Crippen LogP contribution < -0.4 is 5.32 Å². The van der Waals surface area contributed by atoms with Crippen LogP contribution in [0, 0.1) is 12.8 Å². The highest BCUT2D eigenvalue weighted by Crippen LogP contribution is 2.23. The lowest BCUT2D eigenvalue weighted by Gasteiger charge is -2.14. The van der Waals surface area contributed by atoms with E-state index in [0.29, 0.717) is 5.92 Å². The first-order valence-electron chi connectivity index (χ1n) is 6.30. The van der Waals surface area contributed by atoms with E-state index in [9.17, 15) is 0 Å². The van der Waals surface area contributed by atoms with Gasteiger partial charge in [-0.3, -0.25) is 4.98 Å². The zero-order valence-electron chi connectivity index (χ0n) is 11.2. The topological polar surface area (TPSA) is 24.9 Å². The van der Waals surface area contributed by atoms with Crippen molar-refractivity contribution in [3.8, 4) is 0 Å². The van der Waals surface area contributed by atoms with Crippen molar-refractivity contribution in [2.75, 3.05) is 23.9 Å². The van der Waals surface area contributed by atoms with Gasteiger partial charge in [0.05, 0.1) is 5.52 Å². The van der Waals surface area contributed by atoms with Gasteiger partial charge in [0.15, 0.2) is 0 Å². The summed E-state index contributed by atoms with van der Waals surface area (Å²) in [6.07, 6.45) is 2.16. The molecule has 0 saturated carbocycles. The highest BCUT2D eigenvalue weighted by Gasteiger charge is 2.05. The minimum atomic E-state index is 0.673. The number of nitrogens with zero attached hydrogens (tertiary/aromatic N) is 1. The van der Waals surface area contributed by atoms with Gasteiger partial charge in [-0.1, -0.05) is 25.1 Å². The highest BCUT2D eigenvalue weighted by molar-refractivity contribution is 7.98.